The summed E-state index contributed by atoms with van der Waals surface area (Å²) in [4.78, 5) is 4.20. The Kier molecular flexibility index (Phi) is 5.75. The van der Waals surface area contributed by atoms with Crippen molar-refractivity contribution >= 4 is 0 Å². The van der Waals surface area contributed by atoms with Gasteiger partial charge in [-0.2, -0.15) is 20.9 Å². The zero-order chi connectivity index (χ0) is 22.4. The minimum Gasteiger partial charge on any atom is -0.242 e. The van der Waals surface area contributed by atoms with E-state index in [0.717, 1.165) is 16.7 Å². The number of nitrogens with zero attached hydrogens (tertiary/aromatic N) is 6. The van der Waals surface area contributed by atoms with Crippen LogP contribution in [0.15, 0.2) is 85.5 Å². The van der Waals surface area contributed by atoms with Crippen molar-refractivity contribution in [2.75, 3.05) is 0 Å². The van der Waals surface area contributed by atoms with Crippen LogP contribution in [0.2, 0.25) is 0 Å². The Morgan fingerprint density at radius 3 is 1.47 bits per heavy atom. The molecule has 0 fully saturated rings. The maximum Gasteiger partial charge on any atom is 0.137 e. The van der Waals surface area contributed by atoms with E-state index in [1.165, 1.54) is 6.33 Å². The second-order valence-electron chi connectivity index (χ2n) is 7.53. The van der Waals surface area contributed by atoms with Crippen LogP contribution in [0.5, 0.6) is 0 Å². The van der Waals surface area contributed by atoms with E-state index in [4.69, 9.17) is 10.5 Å². The van der Waals surface area contributed by atoms with Crippen LogP contribution in [0.3, 0.4) is 0 Å². The maximum absolute atomic E-state index is 9.25. The summed E-state index contributed by atoms with van der Waals surface area (Å²) < 4.78 is 1.85. The maximum atomic E-state index is 9.25. The molecule has 0 aliphatic rings. The number of rotatable bonds is 6. The van der Waals surface area contributed by atoms with E-state index >= 15 is 0 Å². The van der Waals surface area contributed by atoms with Gasteiger partial charge in [0.2, 0.25) is 0 Å². The van der Waals surface area contributed by atoms with Gasteiger partial charge in [0, 0.05) is 12.8 Å². The van der Waals surface area contributed by atoms with Gasteiger partial charge in [-0.15, -0.1) is 0 Å². The predicted molar refractivity (Wildman–Crippen MR) is 118 cm³/mol. The minimum absolute atomic E-state index is 0.581. The molecule has 0 atom stereocenters. The second kappa shape index (κ2) is 8.96. The largest absolute Gasteiger partial charge is 0.242 e. The van der Waals surface area contributed by atoms with Gasteiger partial charge in [-0.25, -0.2) is 9.67 Å². The van der Waals surface area contributed by atoms with E-state index in [9.17, 15) is 5.26 Å². The molecule has 6 heteroatoms. The molecule has 0 radical (unpaired) electrons. The molecule has 152 valence electrons. The molecule has 0 saturated carbocycles. The fourth-order valence-electron chi connectivity index (χ4n) is 3.91. The Morgan fingerprint density at radius 1 is 0.656 bits per heavy atom. The quantitative estimate of drug-likeness (QED) is 0.472. The average Bonchev–Trinajstić information content (AvgIpc) is 3.40. The zero-order valence-electron chi connectivity index (χ0n) is 17.2. The van der Waals surface area contributed by atoms with E-state index in [1.54, 1.807) is 18.5 Å². The Hall–Kier alpha value is -4.73. The van der Waals surface area contributed by atoms with Gasteiger partial charge in [-0.3, -0.25) is 0 Å². The number of aromatic nitrogens is 3. The molecule has 0 unspecified atom stereocenters. The molecule has 1 aromatic heterocycles. The molecule has 0 N–H and O–H groups in total. The summed E-state index contributed by atoms with van der Waals surface area (Å²) in [5, 5.41) is 32.1. The van der Waals surface area contributed by atoms with Crippen molar-refractivity contribution in [3.05, 3.63) is 119 Å². The van der Waals surface area contributed by atoms with E-state index in [-0.39, 0.29) is 0 Å². The van der Waals surface area contributed by atoms with Crippen LogP contribution in [-0.4, -0.2) is 14.8 Å². The third-order valence-electron chi connectivity index (χ3n) is 5.57. The molecule has 0 spiro atoms. The van der Waals surface area contributed by atoms with Gasteiger partial charge in [0.1, 0.15) is 12.7 Å². The van der Waals surface area contributed by atoms with Gasteiger partial charge in [0.25, 0.3) is 0 Å². The monoisotopic (exact) mass is 414 g/mol. The Labute approximate surface area is 186 Å². The Morgan fingerprint density at radius 2 is 1.09 bits per heavy atom. The van der Waals surface area contributed by atoms with Crippen molar-refractivity contribution in [3.8, 4) is 18.2 Å². The number of benzene rings is 3. The number of nitriles is 3. The molecule has 32 heavy (non-hydrogen) atoms. The van der Waals surface area contributed by atoms with Crippen molar-refractivity contribution in [2.24, 2.45) is 0 Å². The molecular formula is C26H18N6. The van der Waals surface area contributed by atoms with E-state index in [2.05, 4.69) is 28.3 Å². The minimum atomic E-state index is -0.632. The molecule has 6 nitrogen and oxygen atoms in total. The summed E-state index contributed by atoms with van der Waals surface area (Å²) in [6, 6.07) is 29.0. The number of hydrogen-bond acceptors (Lipinski definition) is 5. The molecule has 3 aromatic carbocycles. The highest BCUT2D eigenvalue weighted by atomic mass is 15.4. The summed E-state index contributed by atoms with van der Waals surface area (Å²) in [5.41, 5.74) is 4.21. The highest BCUT2D eigenvalue weighted by Crippen LogP contribution is 2.34. The molecule has 4 rings (SSSR count). The summed E-state index contributed by atoms with van der Waals surface area (Å²) >= 11 is 0. The molecule has 0 bridgehead atoms. The lowest BCUT2D eigenvalue weighted by molar-refractivity contribution is 0.313. The van der Waals surface area contributed by atoms with Crippen molar-refractivity contribution in [2.45, 2.75) is 18.4 Å². The fraction of sp³-hybridized carbons (Fsp3) is 0.115. The normalized spacial score (nSPS) is 10.7. The van der Waals surface area contributed by atoms with Crippen LogP contribution in [0.25, 0.3) is 0 Å². The Bertz CT molecular complexity index is 1260. The van der Waals surface area contributed by atoms with Gasteiger partial charge >= 0.3 is 0 Å². The lowest BCUT2D eigenvalue weighted by Gasteiger charge is -2.35. The van der Waals surface area contributed by atoms with E-state index in [1.807, 2.05) is 65.3 Å². The highest BCUT2D eigenvalue weighted by Gasteiger charge is 2.36. The highest BCUT2D eigenvalue weighted by molar-refractivity contribution is 5.40. The zero-order valence-corrected chi connectivity index (χ0v) is 17.2. The van der Waals surface area contributed by atoms with Gasteiger partial charge < -0.3 is 0 Å². The average molecular weight is 414 g/mol. The summed E-state index contributed by atoms with van der Waals surface area (Å²) in [6.45, 7) is 0. The summed E-state index contributed by atoms with van der Waals surface area (Å²) in [5.74, 6) is 0. The van der Waals surface area contributed by atoms with Crippen molar-refractivity contribution in [3.63, 3.8) is 0 Å². The first-order valence-electron chi connectivity index (χ1n) is 10.0. The standard InChI is InChI=1S/C26H18N6/c27-15-22-5-1-20(2-6-22)13-26(32-19-30-18-31-32,25-11-9-24(17-29)10-12-25)14-21-3-7-23(16-28)8-4-21/h1-12,18-19H,13-14H2. The lowest BCUT2D eigenvalue weighted by atomic mass is 9.78. The Balaban J connectivity index is 1.86. The lowest BCUT2D eigenvalue weighted by Crippen LogP contribution is -2.40. The summed E-state index contributed by atoms with van der Waals surface area (Å²) in [7, 11) is 0. The third kappa shape index (κ3) is 4.10. The van der Waals surface area contributed by atoms with E-state index < -0.39 is 5.54 Å². The van der Waals surface area contributed by atoms with Crippen molar-refractivity contribution in [1.29, 1.82) is 15.8 Å². The molecule has 0 saturated heterocycles. The number of hydrogen-bond donors (Lipinski definition) is 0. The van der Waals surface area contributed by atoms with E-state index in [0.29, 0.717) is 29.5 Å². The third-order valence-corrected chi connectivity index (χ3v) is 5.57. The van der Waals surface area contributed by atoms with Crippen LogP contribution in [0.4, 0.5) is 0 Å². The van der Waals surface area contributed by atoms with Crippen LogP contribution in [0.1, 0.15) is 33.4 Å². The van der Waals surface area contributed by atoms with Gasteiger partial charge in [0.05, 0.1) is 40.4 Å². The smallest absolute Gasteiger partial charge is 0.137 e. The first-order chi connectivity index (χ1) is 15.7. The van der Waals surface area contributed by atoms with Crippen molar-refractivity contribution < 1.29 is 0 Å². The fourth-order valence-corrected chi connectivity index (χ4v) is 3.91. The van der Waals surface area contributed by atoms with Crippen molar-refractivity contribution in [1.82, 2.24) is 14.8 Å². The molecule has 1 heterocycles. The molecule has 0 amide bonds. The van der Waals surface area contributed by atoms with Crippen LogP contribution in [0, 0.1) is 34.0 Å². The van der Waals surface area contributed by atoms with Crippen LogP contribution < -0.4 is 0 Å². The van der Waals surface area contributed by atoms with Gasteiger partial charge in [0.15, 0.2) is 0 Å². The van der Waals surface area contributed by atoms with Crippen LogP contribution >= 0.6 is 0 Å². The van der Waals surface area contributed by atoms with Gasteiger partial charge in [-0.1, -0.05) is 36.4 Å². The first-order valence-corrected chi connectivity index (χ1v) is 10.0. The first kappa shape index (κ1) is 20.5. The summed E-state index contributed by atoms with van der Waals surface area (Å²) in [6.07, 6.45) is 4.39. The molecule has 4 aromatic rings. The molecule has 0 aliphatic carbocycles. The second-order valence-corrected chi connectivity index (χ2v) is 7.53. The predicted octanol–water partition coefficient (Wildman–Crippen LogP) is 4.12. The molecule has 0 aliphatic heterocycles. The molecular weight excluding hydrogens is 396 g/mol. The van der Waals surface area contributed by atoms with Gasteiger partial charge in [-0.05, 0) is 53.1 Å². The van der Waals surface area contributed by atoms with Crippen LogP contribution in [-0.2, 0) is 18.4 Å². The topological polar surface area (TPSA) is 102 Å². The SMILES string of the molecule is N#Cc1ccc(CC(Cc2ccc(C#N)cc2)(c2ccc(C#N)cc2)n2cncn2)cc1.